The Hall–Kier alpha value is -2.30. The van der Waals surface area contributed by atoms with E-state index in [0.717, 1.165) is 0 Å². The highest BCUT2D eigenvalue weighted by atomic mass is 19.3. The maximum Gasteiger partial charge on any atom is 0.284 e. The molecular formula is C13H7F2NO2. The maximum atomic E-state index is 12.8. The fraction of sp³-hybridized carbons (Fsp3) is 0.0769. The van der Waals surface area contributed by atoms with Gasteiger partial charge in [-0.3, -0.25) is 9.78 Å². The third-order valence-corrected chi connectivity index (χ3v) is 2.78. The topological polar surface area (TPSA) is 43.1 Å². The number of nitrogens with zero attached hydrogens (tertiary/aromatic N) is 1. The van der Waals surface area contributed by atoms with Crippen LogP contribution in [0.4, 0.5) is 8.78 Å². The molecule has 3 rings (SSSR count). The molecule has 3 nitrogen and oxygen atoms in total. The summed E-state index contributed by atoms with van der Waals surface area (Å²) >= 11 is 0. The number of benzene rings is 1. The Labute approximate surface area is 100 Å². The first-order valence-corrected chi connectivity index (χ1v) is 5.25. The van der Waals surface area contributed by atoms with Crippen LogP contribution in [-0.4, -0.2) is 11.3 Å². The molecular weight excluding hydrogens is 240 g/mol. The average molecular weight is 247 g/mol. The molecule has 90 valence electrons. The van der Waals surface area contributed by atoms with Crippen molar-refractivity contribution >= 4 is 28.2 Å². The van der Waals surface area contributed by atoms with Crippen LogP contribution in [0.3, 0.4) is 0 Å². The predicted molar refractivity (Wildman–Crippen MR) is 61.9 cm³/mol. The molecule has 0 atom stereocenters. The van der Waals surface area contributed by atoms with Gasteiger partial charge in [0, 0.05) is 22.5 Å². The number of aromatic nitrogens is 1. The van der Waals surface area contributed by atoms with Crippen LogP contribution in [0, 0.1) is 0 Å². The first-order valence-electron chi connectivity index (χ1n) is 5.25. The Kier molecular flexibility index (Phi) is 2.33. The van der Waals surface area contributed by atoms with Crippen molar-refractivity contribution in [2.75, 3.05) is 0 Å². The number of carbonyl (C=O) groups excluding carboxylic acids is 1. The normalized spacial score (nSPS) is 11.5. The number of carbonyl (C=O) groups is 1. The number of aldehydes is 1. The van der Waals surface area contributed by atoms with Gasteiger partial charge in [-0.05, 0) is 18.2 Å². The van der Waals surface area contributed by atoms with Crippen molar-refractivity contribution in [1.29, 1.82) is 0 Å². The van der Waals surface area contributed by atoms with Crippen LogP contribution in [0.1, 0.15) is 22.5 Å². The highest BCUT2D eigenvalue weighted by Crippen LogP contribution is 2.33. The van der Waals surface area contributed by atoms with Crippen molar-refractivity contribution in [3.05, 3.63) is 41.7 Å². The molecule has 0 spiro atoms. The summed E-state index contributed by atoms with van der Waals surface area (Å²) in [5, 5.41) is 1.27. The summed E-state index contributed by atoms with van der Waals surface area (Å²) in [5.74, 6) is 0. The van der Waals surface area contributed by atoms with Gasteiger partial charge in [0.2, 0.25) is 0 Å². The van der Waals surface area contributed by atoms with E-state index in [4.69, 9.17) is 4.42 Å². The number of hydrogen-bond acceptors (Lipinski definition) is 3. The number of hydrogen-bond donors (Lipinski definition) is 0. The van der Waals surface area contributed by atoms with Crippen LogP contribution < -0.4 is 0 Å². The van der Waals surface area contributed by atoms with E-state index in [1.165, 1.54) is 12.3 Å². The molecule has 0 N–H and O–H groups in total. The molecule has 3 aromatic rings. The maximum absolute atomic E-state index is 12.8. The second-order valence-electron chi connectivity index (χ2n) is 3.85. The predicted octanol–water partition coefficient (Wildman–Crippen LogP) is 3.73. The van der Waals surface area contributed by atoms with Crippen molar-refractivity contribution in [3.63, 3.8) is 0 Å². The van der Waals surface area contributed by atoms with Crippen molar-refractivity contribution in [3.8, 4) is 0 Å². The lowest BCUT2D eigenvalue weighted by Gasteiger charge is -1.97. The van der Waals surface area contributed by atoms with Crippen molar-refractivity contribution in [2.45, 2.75) is 6.43 Å². The zero-order chi connectivity index (χ0) is 12.7. The molecule has 1 aromatic carbocycles. The molecule has 0 aliphatic heterocycles. The Balaban J connectivity index is 2.42. The summed E-state index contributed by atoms with van der Waals surface area (Å²) in [7, 11) is 0. The third kappa shape index (κ3) is 1.48. The molecule has 0 aliphatic carbocycles. The Morgan fingerprint density at radius 3 is 2.78 bits per heavy atom. The lowest BCUT2D eigenvalue weighted by molar-refractivity contribution is 0.112. The van der Waals surface area contributed by atoms with Crippen molar-refractivity contribution < 1.29 is 18.0 Å². The molecule has 0 saturated carbocycles. The minimum atomic E-state index is -2.69. The van der Waals surface area contributed by atoms with Crippen LogP contribution >= 0.6 is 0 Å². The van der Waals surface area contributed by atoms with E-state index >= 15 is 0 Å². The first-order chi connectivity index (χ1) is 8.70. The average Bonchev–Trinajstić information content (AvgIpc) is 2.75. The first kappa shape index (κ1) is 10.8. The van der Waals surface area contributed by atoms with Crippen LogP contribution in [-0.2, 0) is 0 Å². The Morgan fingerprint density at radius 2 is 2.06 bits per heavy atom. The van der Waals surface area contributed by atoms with E-state index in [2.05, 4.69) is 4.98 Å². The van der Waals surface area contributed by atoms with Gasteiger partial charge in [-0.2, -0.15) is 0 Å². The lowest BCUT2D eigenvalue weighted by Crippen LogP contribution is -1.88. The number of halogens is 2. The van der Waals surface area contributed by atoms with Gasteiger partial charge in [0.05, 0.1) is 0 Å². The van der Waals surface area contributed by atoms with E-state index in [9.17, 15) is 13.6 Å². The molecule has 0 radical (unpaired) electrons. The molecule has 0 aliphatic rings. The smallest absolute Gasteiger partial charge is 0.284 e. The lowest BCUT2D eigenvalue weighted by atomic mass is 10.1. The molecule has 18 heavy (non-hydrogen) atoms. The summed E-state index contributed by atoms with van der Waals surface area (Å²) < 4.78 is 31.0. The van der Waals surface area contributed by atoms with E-state index in [0.29, 0.717) is 28.2 Å². The zero-order valence-electron chi connectivity index (χ0n) is 9.06. The minimum absolute atomic E-state index is 0.0746. The van der Waals surface area contributed by atoms with Gasteiger partial charge in [0.1, 0.15) is 17.6 Å². The third-order valence-electron chi connectivity index (χ3n) is 2.78. The minimum Gasteiger partial charge on any atom is -0.454 e. The highest BCUT2D eigenvalue weighted by molar-refractivity contribution is 6.06. The summed E-state index contributed by atoms with van der Waals surface area (Å²) in [6, 6.07) is 6.44. The van der Waals surface area contributed by atoms with E-state index in [-0.39, 0.29) is 11.3 Å². The molecule has 0 saturated heterocycles. The summed E-state index contributed by atoms with van der Waals surface area (Å²) in [6.45, 7) is 0. The number of alkyl halides is 2. The van der Waals surface area contributed by atoms with Gasteiger partial charge in [-0.25, -0.2) is 8.78 Å². The Morgan fingerprint density at radius 1 is 1.22 bits per heavy atom. The number of fused-ring (bicyclic) bond motifs is 3. The van der Waals surface area contributed by atoms with E-state index < -0.39 is 6.43 Å². The second kappa shape index (κ2) is 3.87. The van der Waals surface area contributed by atoms with Gasteiger partial charge < -0.3 is 4.42 Å². The fourth-order valence-electron chi connectivity index (χ4n) is 1.97. The zero-order valence-corrected chi connectivity index (χ0v) is 9.06. The summed E-state index contributed by atoms with van der Waals surface area (Å²) in [4.78, 5) is 14.3. The summed E-state index contributed by atoms with van der Waals surface area (Å²) in [6.07, 6.45) is -0.689. The number of rotatable bonds is 2. The van der Waals surface area contributed by atoms with Gasteiger partial charge in [-0.1, -0.05) is 6.07 Å². The van der Waals surface area contributed by atoms with Crippen molar-refractivity contribution in [1.82, 2.24) is 4.98 Å². The van der Waals surface area contributed by atoms with Gasteiger partial charge in [-0.15, -0.1) is 0 Å². The highest BCUT2D eigenvalue weighted by Gasteiger charge is 2.18. The molecule has 0 amide bonds. The van der Waals surface area contributed by atoms with Gasteiger partial charge >= 0.3 is 0 Å². The monoisotopic (exact) mass is 247 g/mol. The van der Waals surface area contributed by atoms with Gasteiger partial charge in [0.25, 0.3) is 6.43 Å². The van der Waals surface area contributed by atoms with Crippen LogP contribution in [0.15, 0.2) is 34.9 Å². The quantitative estimate of drug-likeness (QED) is 0.648. The van der Waals surface area contributed by atoms with Crippen molar-refractivity contribution in [2.24, 2.45) is 0 Å². The van der Waals surface area contributed by atoms with Crippen LogP contribution in [0.2, 0.25) is 0 Å². The molecule has 0 unspecified atom stereocenters. The second-order valence-corrected chi connectivity index (χ2v) is 3.85. The Bertz CT molecular complexity index is 749. The molecule has 0 fully saturated rings. The fourth-order valence-corrected chi connectivity index (χ4v) is 1.97. The van der Waals surface area contributed by atoms with E-state index in [1.807, 2.05) is 0 Å². The largest absolute Gasteiger partial charge is 0.454 e. The van der Waals surface area contributed by atoms with E-state index in [1.54, 1.807) is 18.2 Å². The summed E-state index contributed by atoms with van der Waals surface area (Å²) in [5.41, 5.74) is 0.541. The number of furan rings is 1. The standard InChI is InChI=1S/C13H7F2NO2/c14-13(15)11-12-9(3-4-16-11)8-2-1-7(6-17)5-10(8)18-12/h1-6,13H. The number of pyridine rings is 1. The molecule has 2 aromatic heterocycles. The molecule has 2 heterocycles. The molecule has 5 heteroatoms. The van der Waals surface area contributed by atoms with Crippen LogP contribution in [0.5, 0.6) is 0 Å². The SMILES string of the molecule is O=Cc1ccc2c(c1)oc1c(C(F)F)nccc12. The van der Waals surface area contributed by atoms with Crippen LogP contribution in [0.25, 0.3) is 21.9 Å². The van der Waals surface area contributed by atoms with Gasteiger partial charge in [0.15, 0.2) is 5.58 Å². The molecule has 0 bridgehead atoms.